The summed E-state index contributed by atoms with van der Waals surface area (Å²) in [4.78, 5) is 45.2. The van der Waals surface area contributed by atoms with Crippen LogP contribution in [0.15, 0.2) is 24.3 Å². The lowest BCUT2D eigenvalue weighted by atomic mass is 10.1. The quantitative estimate of drug-likeness (QED) is 0.556. The van der Waals surface area contributed by atoms with Gasteiger partial charge in [-0.3, -0.25) is 19.2 Å². The first kappa shape index (κ1) is 18.3. The van der Waals surface area contributed by atoms with Crippen molar-refractivity contribution in [3.63, 3.8) is 0 Å². The Bertz CT molecular complexity index is 584. The second-order valence-electron chi connectivity index (χ2n) is 4.44. The molecule has 0 fully saturated rings. The zero-order chi connectivity index (χ0) is 17.2. The number of carbonyl (C=O) groups is 4. The molecule has 8 heteroatoms. The lowest BCUT2D eigenvalue weighted by Gasteiger charge is -2.05. The van der Waals surface area contributed by atoms with Gasteiger partial charge < -0.3 is 14.8 Å². The van der Waals surface area contributed by atoms with E-state index in [0.29, 0.717) is 0 Å². The molecule has 0 unspecified atom stereocenters. The number of hydrogen-bond acceptors (Lipinski definition) is 6. The predicted molar refractivity (Wildman–Crippen MR) is 75.9 cm³/mol. The summed E-state index contributed by atoms with van der Waals surface area (Å²) in [6.07, 6.45) is -0.325. The molecular formula is C15H16FNO6. The molecule has 0 aliphatic heterocycles. The molecular weight excluding hydrogens is 309 g/mol. The Morgan fingerprint density at radius 1 is 1.04 bits per heavy atom. The van der Waals surface area contributed by atoms with Crippen LogP contribution in [0.5, 0.6) is 0 Å². The van der Waals surface area contributed by atoms with Gasteiger partial charge in [-0.25, -0.2) is 4.39 Å². The Labute approximate surface area is 131 Å². The van der Waals surface area contributed by atoms with Gasteiger partial charge in [0.05, 0.1) is 13.5 Å². The summed E-state index contributed by atoms with van der Waals surface area (Å²) < 4.78 is 21.7. The Hall–Kier alpha value is -2.77. The van der Waals surface area contributed by atoms with Gasteiger partial charge in [-0.2, -0.15) is 0 Å². The van der Waals surface area contributed by atoms with Crippen molar-refractivity contribution in [1.82, 2.24) is 5.32 Å². The molecule has 1 aromatic rings. The van der Waals surface area contributed by atoms with Gasteiger partial charge in [-0.05, 0) is 24.3 Å². The van der Waals surface area contributed by atoms with Crippen molar-refractivity contribution in [2.24, 2.45) is 0 Å². The molecule has 0 aliphatic carbocycles. The van der Waals surface area contributed by atoms with Crippen molar-refractivity contribution in [2.45, 2.75) is 12.8 Å². The highest BCUT2D eigenvalue weighted by Crippen LogP contribution is 2.07. The Kier molecular flexibility index (Phi) is 7.38. The van der Waals surface area contributed by atoms with E-state index in [9.17, 15) is 23.6 Å². The van der Waals surface area contributed by atoms with Gasteiger partial charge in [0, 0.05) is 12.0 Å². The third kappa shape index (κ3) is 7.16. The molecule has 0 heterocycles. The predicted octanol–water partition coefficient (Wildman–Crippen LogP) is 0.621. The third-order valence-electron chi connectivity index (χ3n) is 2.74. The molecule has 0 radical (unpaired) electrons. The largest absolute Gasteiger partial charge is 0.468 e. The van der Waals surface area contributed by atoms with Crippen LogP contribution in [0.1, 0.15) is 23.2 Å². The van der Waals surface area contributed by atoms with Crippen molar-refractivity contribution >= 4 is 23.6 Å². The molecule has 0 saturated carbocycles. The van der Waals surface area contributed by atoms with E-state index < -0.39 is 30.3 Å². The van der Waals surface area contributed by atoms with Crippen molar-refractivity contribution in [2.75, 3.05) is 20.3 Å². The summed E-state index contributed by atoms with van der Waals surface area (Å²) in [6, 6.07) is 4.95. The molecule has 1 aromatic carbocycles. The number of hydrogen-bond donors (Lipinski definition) is 1. The number of amides is 1. The molecule has 0 aromatic heterocycles. The lowest BCUT2D eigenvalue weighted by molar-refractivity contribution is -0.149. The van der Waals surface area contributed by atoms with Gasteiger partial charge in [-0.15, -0.1) is 0 Å². The zero-order valence-corrected chi connectivity index (χ0v) is 12.5. The molecule has 0 aliphatic rings. The first-order valence-corrected chi connectivity index (χ1v) is 6.70. The van der Waals surface area contributed by atoms with Crippen LogP contribution in [0, 0.1) is 5.82 Å². The first-order valence-electron chi connectivity index (χ1n) is 6.70. The van der Waals surface area contributed by atoms with E-state index in [1.807, 2.05) is 0 Å². The van der Waals surface area contributed by atoms with Gasteiger partial charge in [0.1, 0.15) is 12.4 Å². The summed E-state index contributed by atoms with van der Waals surface area (Å²) in [5, 5.41) is 2.19. The third-order valence-corrected chi connectivity index (χ3v) is 2.74. The van der Waals surface area contributed by atoms with E-state index in [1.165, 1.54) is 19.2 Å². The summed E-state index contributed by atoms with van der Waals surface area (Å²) in [5.41, 5.74) is 0.287. The number of ketones is 1. The second-order valence-corrected chi connectivity index (χ2v) is 4.44. The minimum Gasteiger partial charge on any atom is -0.468 e. The van der Waals surface area contributed by atoms with Gasteiger partial charge in [0.25, 0.3) is 5.91 Å². The normalized spacial score (nSPS) is 9.83. The maximum absolute atomic E-state index is 12.7. The molecule has 0 atom stereocenters. The van der Waals surface area contributed by atoms with Gasteiger partial charge in [0.2, 0.25) is 0 Å². The van der Waals surface area contributed by atoms with Gasteiger partial charge in [-0.1, -0.05) is 0 Å². The number of carbonyl (C=O) groups excluding carboxylic acids is 4. The van der Waals surface area contributed by atoms with Crippen LogP contribution in [-0.4, -0.2) is 43.9 Å². The van der Waals surface area contributed by atoms with Crippen molar-refractivity contribution in [3.05, 3.63) is 35.6 Å². The minimum atomic E-state index is -0.728. The average molecular weight is 325 g/mol. The minimum absolute atomic E-state index is 0.117. The van der Waals surface area contributed by atoms with Crippen molar-refractivity contribution in [3.8, 4) is 0 Å². The molecule has 1 N–H and O–H groups in total. The number of Topliss-reactive ketones (excluding diaryl/α,β-unsaturated/α-hetero) is 1. The van der Waals surface area contributed by atoms with Gasteiger partial charge >= 0.3 is 11.9 Å². The van der Waals surface area contributed by atoms with E-state index in [1.54, 1.807) is 0 Å². The number of benzene rings is 1. The standard InChI is InChI=1S/C15H16FNO6/c1-22-15(21)8-17-13(19)9-23-14(20)7-6-12(18)10-2-4-11(16)5-3-10/h2-5H,6-9H2,1H3,(H,17,19). The van der Waals surface area contributed by atoms with Gasteiger partial charge in [0.15, 0.2) is 12.4 Å². The summed E-state index contributed by atoms with van der Waals surface area (Å²) >= 11 is 0. The van der Waals surface area contributed by atoms with E-state index in [0.717, 1.165) is 12.1 Å². The average Bonchev–Trinajstić information content (AvgIpc) is 2.56. The first-order chi connectivity index (χ1) is 10.9. The lowest BCUT2D eigenvalue weighted by Crippen LogP contribution is -2.33. The van der Waals surface area contributed by atoms with Crippen LogP contribution in [0.2, 0.25) is 0 Å². The summed E-state index contributed by atoms with van der Waals surface area (Å²) in [5.74, 6) is -2.81. The number of ether oxygens (including phenoxy) is 2. The maximum atomic E-state index is 12.7. The summed E-state index contributed by atoms with van der Waals surface area (Å²) in [7, 11) is 1.17. The van der Waals surface area contributed by atoms with E-state index in [-0.39, 0.29) is 30.7 Å². The van der Waals surface area contributed by atoms with E-state index in [4.69, 9.17) is 0 Å². The van der Waals surface area contributed by atoms with E-state index in [2.05, 4.69) is 14.8 Å². The fraction of sp³-hybridized carbons (Fsp3) is 0.333. The highest BCUT2D eigenvalue weighted by atomic mass is 19.1. The molecule has 0 bridgehead atoms. The molecule has 124 valence electrons. The SMILES string of the molecule is COC(=O)CNC(=O)COC(=O)CCC(=O)c1ccc(F)cc1. The maximum Gasteiger partial charge on any atom is 0.325 e. The van der Waals surface area contributed by atoms with Crippen LogP contribution in [0.25, 0.3) is 0 Å². The van der Waals surface area contributed by atoms with Crippen LogP contribution >= 0.6 is 0 Å². The smallest absolute Gasteiger partial charge is 0.325 e. The molecule has 0 spiro atoms. The number of rotatable bonds is 8. The summed E-state index contributed by atoms with van der Waals surface area (Å²) in [6.45, 7) is -0.878. The van der Waals surface area contributed by atoms with Crippen molar-refractivity contribution < 1.29 is 33.0 Å². The zero-order valence-electron chi connectivity index (χ0n) is 12.5. The molecule has 1 amide bonds. The van der Waals surface area contributed by atoms with Crippen LogP contribution in [0.4, 0.5) is 4.39 Å². The van der Waals surface area contributed by atoms with Crippen LogP contribution in [0.3, 0.4) is 0 Å². The van der Waals surface area contributed by atoms with Crippen molar-refractivity contribution in [1.29, 1.82) is 0 Å². The van der Waals surface area contributed by atoms with Crippen LogP contribution < -0.4 is 5.32 Å². The Balaban J connectivity index is 2.26. The highest BCUT2D eigenvalue weighted by molar-refractivity contribution is 5.97. The van der Waals surface area contributed by atoms with E-state index >= 15 is 0 Å². The molecule has 1 rings (SSSR count). The van der Waals surface area contributed by atoms with Crippen LogP contribution in [-0.2, 0) is 23.9 Å². The number of nitrogens with one attached hydrogen (secondary N) is 1. The molecule has 23 heavy (non-hydrogen) atoms. The Morgan fingerprint density at radius 2 is 1.70 bits per heavy atom. The molecule has 0 saturated heterocycles. The Morgan fingerprint density at radius 3 is 2.30 bits per heavy atom. The highest BCUT2D eigenvalue weighted by Gasteiger charge is 2.12. The molecule has 7 nitrogen and oxygen atoms in total. The topological polar surface area (TPSA) is 98.8 Å². The number of esters is 2. The number of methoxy groups -OCH3 is 1. The fourth-order valence-corrected chi connectivity index (χ4v) is 1.51. The number of halogens is 1. The monoisotopic (exact) mass is 325 g/mol. The second kappa shape index (κ2) is 9.29. The fourth-order valence-electron chi connectivity index (χ4n) is 1.51.